The molecule has 0 bridgehead atoms. The Balaban J connectivity index is 2.10. The highest BCUT2D eigenvalue weighted by Gasteiger charge is 2.08. The van der Waals surface area contributed by atoms with Crippen LogP contribution in [0.15, 0.2) is 29.6 Å². The Morgan fingerprint density at radius 2 is 2.00 bits per heavy atom. The Bertz CT molecular complexity index is 552. The lowest BCUT2D eigenvalue weighted by Crippen LogP contribution is -2.02. The first kappa shape index (κ1) is 11.6. The van der Waals surface area contributed by atoms with Gasteiger partial charge in [0.1, 0.15) is 23.4 Å². The zero-order valence-electron chi connectivity index (χ0n) is 8.71. The van der Waals surface area contributed by atoms with Crippen LogP contribution >= 0.6 is 11.3 Å². The van der Waals surface area contributed by atoms with Gasteiger partial charge in [-0.15, -0.1) is 11.3 Å². The van der Waals surface area contributed by atoms with E-state index >= 15 is 0 Å². The number of benzene rings is 1. The maximum absolute atomic E-state index is 13.3. The van der Waals surface area contributed by atoms with E-state index in [0.717, 1.165) is 4.88 Å². The molecule has 2 aromatic rings. The maximum atomic E-state index is 13.3. The molecule has 0 spiro atoms. The van der Waals surface area contributed by atoms with E-state index in [0.29, 0.717) is 12.1 Å². The number of para-hydroxylation sites is 1. The smallest absolute Gasteiger partial charge is 0.149 e. The van der Waals surface area contributed by atoms with Gasteiger partial charge in [-0.3, -0.25) is 0 Å². The molecule has 0 radical (unpaired) electrons. The van der Waals surface area contributed by atoms with Crippen molar-refractivity contribution >= 4 is 17.0 Å². The Morgan fingerprint density at radius 1 is 1.29 bits per heavy atom. The molecule has 0 atom stereocenters. The van der Waals surface area contributed by atoms with Gasteiger partial charge >= 0.3 is 0 Å². The van der Waals surface area contributed by atoms with Gasteiger partial charge in [0.25, 0.3) is 0 Å². The van der Waals surface area contributed by atoms with E-state index in [2.05, 4.69) is 5.32 Å². The fraction of sp³-hybridized carbons (Fsp3) is 0.0833. The molecular formula is C12H8F2N2S. The highest BCUT2D eigenvalue weighted by atomic mass is 32.1. The topological polar surface area (TPSA) is 35.8 Å². The third-order valence-corrected chi connectivity index (χ3v) is 3.12. The van der Waals surface area contributed by atoms with E-state index in [1.54, 1.807) is 11.4 Å². The van der Waals surface area contributed by atoms with E-state index in [9.17, 15) is 8.78 Å². The van der Waals surface area contributed by atoms with Crippen LogP contribution in [0, 0.1) is 23.0 Å². The Morgan fingerprint density at radius 3 is 2.59 bits per heavy atom. The molecule has 0 aliphatic rings. The minimum atomic E-state index is -0.623. The largest absolute Gasteiger partial charge is 0.375 e. The molecule has 0 saturated carbocycles. The lowest BCUT2D eigenvalue weighted by Gasteiger charge is -2.06. The molecule has 17 heavy (non-hydrogen) atoms. The zero-order chi connectivity index (χ0) is 12.3. The summed E-state index contributed by atoms with van der Waals surface area (Å²) in [5.41, 5.74) is 0.417. The SMILES string of the molecule is N#Cc1csc(CNc2c(F)cccc2F)c1. The van der Waals surface area contributed by atoms with Gasteiger partial charge in [-0.2, -0.15) is 5.26 Å². The Hall–Kier alpha value is -1.93. The molecule has 0 aliphatic heterocycles. The summed E-state index contributed by atoms with van der Waals surface area (Å²) in [7, 11) is 0. The monoisotopic (exact) mass is 250 g/mol. The molecule has 2 nitrogen and oxygen atoms in total. The second kappa shape index (κ2) is 4.93. The van der Waals surface area contributed by atoms with Crippen LogP contribution in [-0.2, 0) is 6.54 Å². The van der Waals surface area contributed by atoms with Crippen molar-refractivity contribution in [3.63, 3.8) is 0 Å². The van der Waals surface area contributed by atoms with Crippen LogP contribution in [0.1, 0.15) is 10.4 Å². The molecule has 2 rings (SSSR count). The second-order valence-corrected chi connectivity index (χ2v) is 4.36. The number of rotatable bonds is 3. The van der Waals surface area contributed by atoms with Gasteiger partial charge in [0.2, 0.25) is 0 Å². The molecule has 1 heterocycles. The van der Waals surface area contributed by atoms with Crippen molar-refractivity contribution < 1.29 is 8.78 Å². The first-order valence-corrected chi connectivity index (χ1v) is 5.74. The first-order valence-electron chi connectivity index (χ1n) is 4.86. The molecule has 1 N–H and O–H groups in total. The van der Waals surface area contributed by atoms with Gasteiger partial charge in [-0.05, 0) is 18.2 Å². The summed E-state index contributed by atoms with van der Waals surface area (Å²) in [4.78, 5) is 0.851. The minimum Gasteiger partial charge on any atom is -0.375 e. The molecule has 1 aromatic carbocycles. The summed E-state index contributed by atoms with van der Waals surface area (Å²) in [6, 6.07) is 7.40. The normalized spacial score (nSPS) is 9.94. The van der Waals surface area contributed by atoms with Gasteiger partial charge in [-0.1, -0.05) is 6.07 Å². The highest BCUT2D eigenvalue weighted by molar-refractivity contribution is 7.10. The van der Waals surface area contributed by atoms with Gasteiger partial charge in [0, 0.05) is 16.8 Å². The van der Waals surface area contributed by atoms with Crippen LogP contribution in [0.25, 0.3) is 0 Å². The van der Waals surface area contributed by atoms with Crippen LogP contribution in [-0.4, -0.2) is 0 Å². The Labute approximate surface area is 101 Å². The number of hydrogen-bond acceptors (Lipinski definition) is 3. The molecular weight excluding hydrogens is 242 g/mol. The van der Waals surface area contributed by atoms with Gasteiger partial charge in [-0.25, -0.2) is 8.78 Å². The number of nitriles is 1. The fourth-order valence-electron chi connectivity index (χ4n) is 1.37. The Kier molecular flexibility index (Phi) is 3.35. The number of nitrogens with zero attached hydrogens (tertiary/aromatic N) is 1. The van der Waals surface area contributed by atoms with Crippen molar-refractivity contribution in [3.05, 3.63) is 51.7 Å². The molecule has 0 aliphatic carbocycles. The number of halogens is 2. The van der Waals surface area contributed by atoms with E-state index in [1.807, 2.05) is 6.07 Å². The van der Waals surface area contributed by atoms with Gasteiger partial charge in [0.05, 0.1) is 5.56 Å². The maximum Gasteiger partial charge on any atom is 0.149 e. The summed E-state index contributed by atoms with van der Waals surface area (Å²) in [6.45, 7) is 0.296. The van der Waals surface area contributed by atoms with Crippen molar-refractivity contribution in [2.75, 3.05) is 5.32 Å². The van der Waals surface area contributed by atoms with E-state index in [-0.39, 0.29) is 5.69 Å². The quantitative estimate of drug-likeness (QED) is 0.904. The summed E-state index contributed by atoms with van der Waals surface area (Å²) in [6.07, 6.45) is 0. The third-order valence-electron chi connectivity index (χ3n) is 2.19. The van der Waals surface area contributed by atoms with Crippen LogP contribution in [0.4, 0.5) is 14.5 Å². The summed E-state index contributed by atoms with van der Waals surface area (Å²) < 4.78 is 26.5. The molecule has 0 amide bonds. The molecule has 5 heteroatoms. The van der Waals surface area contributed by atoms with Crippen LogP contribution in [0.3, 0.4) is 0 Å². The fourth-order valence-corrected chi connectivity index (χ4v) is 2.12. The van der Waals surface area contributed by atoms with Crippen LogP contribution in [0.2, 0.25) is 0 Å². The summed E-state index contributed by atoms with van der Waals surface area (Å²) in [5, 5.41) is 13.0. The lowest BCUT2D eigenvalue weighted by molar-refractivity contribution is 0.588. The van der Waals surface area contributed by atoms with Crippen molar-refractivity contribution in [2.24, 2.45) is 0 Å². The summed E-state index contributed by atoms with van der Waals surface area (Å²) in [5.74, 6) is -1.25. The number of nitrogens with one attached hydrogen (secondary N) is 1. The van der Waals surface area contributed by atoms with Crippen molar-refractivity contribution in [1.82, 2.24) is 0 Å². The van der Waals surface area contributed by atoms with E-state index < -0.39 is 11.6 Å². The average Bonchev–Trinajstić information content (AvgIpc) is 2.76. The molecule has 0 unspecified atom stereocenters. The van der Waals surface area contributed by atoms with Crippen LogP contribution < -0.4 is 5.32 Å². The van der Waals surface area contributed by atoms with E-state index in [1.165, 1.54) is 29.5 Å². The summed E-state index contributed by atoms with van der Waals surface area (Å²) >= 11 is 1.38. The predicted molar refractivity (Wildman–Crippen MR) is 62.7 cm³/mol. The second-order valence-electron chi connectivity index (χ2n) is 3.36. The number of hydrogen-bond donors (Lipinski definition) is 1. The van der Waals surface area contributed by atoms with Gasteiger partial charge < -0.3 is 5.32 Å². The van der Waals surface area contributed by atoms with E-state index in [4.69, 9.17) is 5.26 Å². The lowest BCUT2D eigenvalue weighted by atomic mass is 10.3. The minimum absolute atomic E-state index is 0.139. The third kappa shape index (κ3) is 2.60. The van der Waals surface area contributed by atoms with Gasteiger partial charge in [0.15, 0.2) is 0 Å². The molecule has 0 saturated heterocycles. The average molecular weight is 250 g/mol. The molecule has 1 aromatic heterocycles. The number of thiophene rings is 1. The van der Waals surface area contributed by atoms with Crippen molar-refractivity contribution in [1.29, 1.82) is 5.26 Å². The van der Waals surface area contributed by atoms with Crippen LogP contribution in [0.5, 0.6) is 0 Å². The highest BCUT2D eigenvalue weighted by Crippen LogP contribution is 2.20. The number of anilines is 1. The first-order chi connectivity index (χ1) is 8.20. The molecule has 86 valence electrons. The zero-order valence-corrected chi connectivity index (χ0v) is 9.52. The predicted octanol–water partition coefficient (Wildman–Crippen LogP) is 3.51. The standard InChI is InChI=1S/C12H8F2N2S/c13-10-2-1-3-11(14)12(10)16-6-9-4-8(5-15)7-17-9/h1-4,7,16H,6H2. The van der Waals surface area contributed by atoms with Crippen molar-refractivity contribution in [3.8, 4) is 6.07 Å². The van der Waals surface area contributed by atoms with Crippen molar-refractivity contribution in [2.45, 2.75) is 6.54 Å². The molecule has 0 fully saturated rings.